The van der Waals surface area contributed by atoms with Gasteiger partial charge >= 0.3 is 0 Å². The summed E-state index contributed by atoms with van der Waals surface area (Å²) in [6.45, 7) is 10.8. The highest BCUT2D eigenvalue weighted by Crippen LogP contribution is 2.28. The van der Waals surface area contributed by atoms with Gasteiger partial charge in [0.25, 0.3) is 0 Å². The maximum atomic E-state index is 4.68. The van der Waals surface area contributed by atoms with Crippen molar-refractivity contribution in [2.24, 2.45) is 5.92 Å². The average molecular weight is 248 g/mol. The molecule has 1 aromatic rings. The number of hydrogen-bond donors (Lipinski definition) is 1. The van der Waals surface area contributed by atoms with Crippen LogP contribution in [-0.2, 0) is 6.42 Å². The van der Waals surface area contributed by atoms with Crippen LogP contribution in [-0.4, -0.2) is 29.1 Å². The number of aryl methyl sites for hydroxylation is 1. The van der Waals surface area contributed by atoms with Crippen LogP contribution in [0.5, 0.6) is 0 Å². The quantitative estimate of drug-likeness (QED) is 0.889. The highest BCUT2D eigenvalue weighted by Gasteiger charge is 2.27. The minimum absolute atomic E-state index is 0.578. The predicted octanol–water partition coefficient (Wildman–Crippen LogP) is 2.71. The Kier molecular flexibility index (Phi) is 4.04. The van der Waals surface area contributed by atoms with E-state index in [1.54, 1.807) is 0 Å². The van der Waals surface area contributed by atoms with Gasteiger partial charge in [-0.3, -0.25) is 0 Å². The average Bonchev–Trinajstić information content (AvgIpc) is 2.68. The minimum Gasteiger partial charge on any atom is -0.370 e. The van der Waals surface area contributed by atoms with Gasteiger partial charge in [-0.15, -0.1) is 0 Å². The molecular weight excluding hydrogens is 224 g/mol. The van der Waals surface area contributed by atoms with Crippen molar-refractivity contribution in [3.63, 3.8) is 0 Å². The lowest BCUT2D eigenvalue weighted by atomic mass is 10.1. The minimum atomic E-state index is 0.578. The molecule has 1 aliphatic rings. The molecule has 2 unspecified atom stereocenters. The summed E-state index contributed by atoms with van der Waals surface area (Å²) in [4.78, 5) is 11.6. The molecule has 2 heterocycles. The normalized spacial score (nSPS) is 23.4. The van der Waals surface area contributed by atoms with Crippen molar-refractivity contribution in [3.05, 3.63) is 11.9 Å². The summed E-state index contributed by atoms with van der Waals surface area (Å²) in [5.41, 5.74) is 0. The largest absolute Gasteiger partial charge is 0.370 e. The lowest BCUT2D eigenvalue weighted by Gasteiger charge is -2.23. The number of aromatic nitrogens is 2. The molecule has 4 nitrogen and oxygen atoms in total. The Morgan fingerprint density at radius 3 is 2.67 bits per heavy atom. The third kappa shape index (κ3) is 2.74. The van der Waals surface area contributed by atoms with E-state index >= 15 is 0 Å². The number of nitrogens with zero attached hydrogens (tertiary/aromatic N) is 3. The zero-order valence-corrected chi connectivity index (χ0v) is 11.9. The summed E-state index contributed by atoms with van der Waals surface area (Å²) in [7, 11) is 0. The smallest absolute Gasteiger partial charge is 0.134 e. The number of rotatable bonds is 4. The molecular formula is C14H24N4. The van der Waals surface area contributed by atoms with Gasteiger partial charge in [0.2, 0.25) is 0 Å². The zero-order chi connectivity index (χ0) is 13.1. The van der Waals surface area contributed by atoms with E-state index in [-0.39, 0.29) is 0 Å². The van der Waals surface area contributed by atoms with Gasteiger partial charge in [0.15, 0.2) is 0 Å². The van der Waals surface area contributed by atoms with Crippen LogP contribution in [0.1, 0.15) is 39.9 Å². The molecule has 2 atom stereocenters. The Hall–Kier alpha value is -1.32. The van der Waals surface area contributed by atoms with Gasteiger partial charge in [0, 0.05) is 31.6 Å². The number of nitrogens with one attached hydrogen (secondary N) is 1. The summed E-state index contributed by atoms with van der Waals surface area (Å²) >= 11 is 0. The molecule has 0 amide bonds. The van der Waals surface area contributed by atoms with Crippen LogP contribution < -0.4 is 10.2 Å². The molecule has 1 N–H and O–H groups in total. The van der Waals surface area contributed by atoms with Crippen LogP contribution in [0.25, 0.3) is 0 Å². The molecule has 0 spiro atoms. The van der Waals surface area contributed by atoms with Crippen LogP contribution in [0.4, 0.5) is 11.6 Å². The van der Waals surface area contributed by atoms with Gasteiger partial charge in [0.1, 0.15) is 17.5 Å². The lowest BCUT2D eigenvalue weighted by molar-refractivity contribution is 0.625. The summed E-state index contributed by atoms with van der Waals surface area (Å²) in [5, 5.41) is 3.29. The first-order chi connectivity index (χ1) is 8.63. The first-order valence-electron chi connectivity index (χ1n) is 7.02. The van der Waals surface area contributed by atoms with Crippen LogP contribution in [0.15, 0.2) is 6.07 Å². The Labute approximate surface area is 110 Å². The number of hydrogen-bond acceptors (Lipinski definition) is 4. The molecule has 1 fully saturated rings. The van der Waals surface area contributed by atoms with E-state index in [1.165, 1.54) is 6.42 Å². The van der Waals surface area contributed by atoms with Crippen molar-refractivity contribution in [2.45, 2.75) is 46.6 Å². The molecule has 2 rings (SSSR count). The second-order valence-electron chi connectivity index (χ2n) is 5.25. The molecule has 100 valence electrons. The third-order valence-electron chi connectivity index (χ3n) is 3.51. The van der Waals surface area contributed by atoms with E-state index in [1.807, 2.05) is 0 Å². The van der Waals surface area contributed by atoms with E-state index in [4.69, 9.17) is 0 Å². The fraction of sp³-hybridized carbons (Fsp3) is 0.714. The topological polar surface area (TPSA) is 41.0 Å². The van der Waals surface area contributed by atoms with Crippen molar-refractivity contribution >= 4 is 11.6 Å². The lowest BCUT2D eigenvalue weighted by Crippen LogP contribution is -2.28. The molecule has 0 bridgehead atoms. The summed E-state index contributed by atoms with van der Waals surface area (Å²) in [6, 6.07) is 2.66. The van der Waals surface area contributed by atoms with E-state index in [0.717, 1.165) is 42.9 Å². The molecule has 18 heavy (non-hydrogen) atoms. The maximum Gasteiger partial charge on any atom is 0.134 e. The fourth-order valence-corrected chi connectivity index (χ4v) is 2.68. The highest BCUT2D eigenvalue weighted by molar-refractivity contribution is 5.50. The maximum absolute atomic E-state index is 4.68. The van der Waals surface area contributed by atoms with E-state index in [0.29, 0.717) is 6.04 Å². The molecule has 0 aromatic carbocycles. The molecule has 1 aliphatic heterocycles. The molecule has 0 saturated carbocycles. The van der Waals surface area contributed by atoms with E-state index < -0.39 is 0 Å². The fourth-order valence-electron chi connectivity index (χ4n) is 2.68. The highest BCUT2D eigenvalue weighted by atomic mass is 15.2. The monoisotopic (exact) mass is 248 g/mol. The summed E-state index contributed by atoms with van der Waals surface area (Å²) < 4.78 is 0. The van der Waals surface area contributed by atoms with Crippen LogP contribution in [0, 0.1) is 5.92 Å². The first-order valence-corrected chi connectivity index (χ1v) is 7.02. The van der Waals surface area contributed by atoms with Crippen molar-refractivity contribution in [1.29, 1.82) is 0 Å². The molecule has 0 radical (unpaired) electrons. The van der Waals surface area contributed by atoms with Gasteiger partial charge in [0.05, 0.1) is 0 Å². The van der Waals surface area contributed by atoms with Gasteiger partial charge in [-0.05, 0) is 26.2 Å². The predicted molar refractivity (Wildman–Crippen MR) is 76.2 cm³/mol. The second-order valence-corrected chi connectivity index (χ2v) is 5.25. The van der Waals surface area contributed by atoms with Crippen LogP contribution >= 0.6 is 0 Å². The molecule has 4 heteroatoms. The number of anilines is 2. The second kappa shape index (κ2) is 5.55. The Morgan fingerprint density at radius 2 is 2.11 bits per heavy atom. The summed E-state index contributed by atoms with van der Waals surface area (Å²) in [6.07, 6.45) is 2.13. The Morgan fingerprint density at radius 1 is 1.33 bits per heavy atom. The molecule has 1 saturated heterocycles. The SMILES string of the molecule is CCNc1cc(N2CC(C)CC2C)nc(CC)n1. The third-order valence-corrected chi connectivity index (χ3v) is 3.51. The molecule has 1 aromatic heterocycles. The van der Waals surface area contributed by atoms with Crippen molar-refractivity contribution < 1.29 is 0 Å². The standard InChI is InChI=1S/C14H24N4/c1-5-12-16-13(15-6-2)8-14(17-12)18-9-10(3)7-11(18)4/h8,10-11H,5-7,9H2,1-4H3,(H,15,16,17). The first kappa shape index (κ1) is 13.1. The zero-order valence-electron chi connectivity index (χ0n) is 11.9. The van der Waals surface area contributed by atoms with Crippen molar-refractivity contribution in [2.75, 3.05) is 23.3 Å². The Balaban J connectivity index is 2.28. The van der Waals surface area contributed by atoms with Gasteiger partial charge in [-0.2, -0.15) is 0 Å². The van der Waals surface area contributed by atoms with Crippen LogP contribution in [0.2, 0.25) is 0 Å². The van der Waals surface area contributed by atoms with Crippen LogP contribution in [0.3, 0.4) is 0 Å². The van der Waals surface area contributed by atoms with Crippen molar-refractivity contribution in [3.8, 4) is 0 Å². The van der Waals surface area contributed by atoms with Gasteiger partial charge < -0.3 is 10.2 Å². The van der Waals surface area contributed by atoms with Crippen molar-refractivity contribution in [1.82, 2.24) is 9.97 Å². The van der Waals surface area contributed by atoms with E-state index in [9.17, 15) is 0 Å². The van der Waals surface area contributed by atoms with E-state index in [2.05, 4.69) is 53.9 Å². The van der Waals surface area contributed by atoms with Gasteiger partial charge in [-0.25, -0.2) is 9.97 Å². The summed E-state index contributed by atoms with van der Waals surface area (Å²) in [5.74, 6) is 3.71. The Bertz CT molecular complexity index is 405. The molecule has 0 aliphatic carbocycles. The van der Waals surface area contributed by atoms with Gasteiger partial charge in [-0.1, -0.05) is 13.8 Å².